The average molecular weight is 353 g/mol. The molecular weight excluding hydrogens is 328 g/mol. The lowest BCUT2D eigenvalue weighted by atomic mass is 10.2. The highest BCUT2D eigenvalue weighted by Gasteiger charge is 2.32. The number of hydrogen-bond donors (Lipinski definition) is 0. The minimum atomic E-state index is 0.0285. The van der Waals surface area contributed by atoms with E-state index in [1.54, 1.807) is 11.8 Å². The standard InChI is InChI=1S/C18H25ClN2OS/c1-4-9-20(12-14(2)3)13-17(22)21-10-11-23-18(21)15-7-5-6-8-16(15)19/h4-8,14,18H,1,9-13H2,2-3H3/t18-/m0/s1. The van der Waals surface area contributed by atoms with Crippen molar-refractivity contribution in [2.45, 2.75) is 19.2 Å². The third-order valence-corrected chi connectivity index (χ3v) is 5.34. The molecule has 1 saturated heterocycles. The molecule has 1 aromatic rings. The Morgan fingerprint density at radius 2 is 2.26 bits per heavy atom. The fraction of sp³-hybridized carbons (Fsp3) is 0.500. The van der Waals surface area contributed by atoms with Gasteiger partial charge in [0, 0.05) is 36.0 Å². The average Bonchev–Trinajstić information content (AvgIpc) is 2.96. The zero-order chi connectivity index (χ0) is 16.8. The lowest BCUT2D eigenvalue weighted by molar-refractivity contribution is -0.132. The third kappa shape index (κ3) is 5.00. The first-order valence-corrected chi connectivity index (χ1v) is 9.44. The molecule has 0 bridgehead atoms. The van der Waals surface area contributed by atoms with Gasteiger partial charge >= 0.3 is 0 Å². The molecule has 1 aliphatic heterocycles. The summed E-state index contributed by atoms with van der Waals surface area (Å²) in [6.45, 7) is 11.0. The molecule has 0 radical (unpaired) electrons. The predicted molar refractivity (Wildman–Crippen MR) is 99.8 cm³/mol. The Morgan fingerprint density at radius 1 is 1.52 bits per heavy atom. The van der Waals surface area contributed by atoms with E-state index in [9.17, 15) is 4.79 Å². The van der Waals surface area contributed by atoms with Crippen LogP contribution in [0, 0.1) is 5.92 Å². The second kappa shape index (κ2) is 8.76. The van der Waals surface area contributed by atoms with E-state index < -0.39 is 0 Å². The van der Waals surface area contributed by atoms with Gasteiger partial charge in [-0.25, -0.2) is 0 Å². The minimum absolute atomic E-state index is 0.0285. The van der Waals surface area contributed by atoms with Crippen molar-refractivity contribution in [3.05, 3.63) is 47.5 Å². The summed E-state index contributed by atoms with van der Waals surface area (Å²) in [5.74, 6) is 1.64. The number of rotatable bonds is 7. The highest BCUT2D eigenvalue weighted by Crippen LogP contribution is 2.40. The van der Waals surface area contributed by atoms with Gasteiger partial charge in [0.25, 0.3) is 0 Å². The van der Waals surface area contributed by atoms with Crippen molar-refractivity contribution in [2.24, 2.45) is 5.92 Å². The molecule has 1 aliphatic rings. The summed E-state index contributed by atoms with van der Waals surface area (Å²) >= 11 is 8.11. The maximum Gasteiger partial charge on any atom is 0.237 e. The third-order valence-electron chi connectivity index (χ3n) is 3.75. The van der Waals surface area contributed by atoms with E-state index >= 15 is 0 Å². The zero-order valence-electron chi connectivity index (χ0n) is 13.9. The van der Waals surface area contributed by atoms with Gasteiger partial charge in [-0.3, -0.25) is 9.69 Å². The van der Waals surface area contributed by atoms with Crippen molar-refractivity contribution in [1.82, 2.24) is 9.80 Å². The van der Waals surface area contributed by atoms with E-state index in [-0.39, 0.29) is 11.3 Å². The fourth-order valence-corrected chi connectivity index (χ4v) is 4.46. The van der Waals surface area contributed by atoms with Gasteiger partial charge in [0.1, 0.15) is 5.37 Å². The van der Waals surface area contributed by atoms with Crippen molar-refractivity contribution in [3.8, 4) is 0 Å². The summed E-state index contributed by atoms with van der Waals surface area (Å²) in [5.41, 5.74) is 1.03. The van der Waals surface area contributed by atoms with Crippen LogP contribution in [0.5, 0.6) is 0 Å². The SMILES string of the molecule is C=CCN(CC(=O)N1CCS[C@H]1c1ccccc1Cl)CC(C)C. The molecule has 5 heteroatoms. The van der Waals surface area contributed by atoms with E-state index in [1.807, 2.05) is 35.2 Å². The summed E-state index contributed by atoms with van der Waals surface area (Å²) in [6.07, 6.45) is 1.86. The lowest BCUT2D eigenvalue weighted by Gasteiger charge is -2.29. The molecule has 0 aliphatic carbocycles. The van der Waals surface area contributed by atoms with Gasteiger partial charge in [-0.05, 0) is 12.0 Å². The largest absolute Gasteiger partial charge is 0.325 e. The Labute approximate surface area is 148 Å². The first-order chi connectivity index (χ1) is 11.0. The molecule has 1 amide bonds. The number of hydrogen-bond acceptors (Lipinski definition) is 3. The smallest absolute Gasteiger partial charge is 0.237 e. The quantitative estimate of drug-likeness (QED) is 0.691. The van der Waals surface area contributed by atoms with Gasteiger partial charge in [-0.1, -0.05) is 49.7 Å². The Bertz CT molecular complexity index is 550. The van der Waals surface area contributed by atoms with Crippen molar-refractivity contribution >= 4 is 29.3 Å². The van der Waals surface area contributed by atoms with Gasteiger partial charge in [0.05, 0.1) is 6.54 Å². The van der Waals surface area contributed by atoms with Crippen LogP contribution in [-0.4, -0.2) is 47.6 Å². The number of nitrogens with zero attached hydrogens (tertiary/aromatic N) is 2. The first-order valence-electron chi connectivity index (χ1n) is 8.01. The number of thioether (sulfide) groups is 1. The van der Waals surface area contributed by atoms with Crippen molar-refractivity contribution in [2.75, 3.05) is 31.9 Å². The highest BCUT2D eigenvalue weighted by molar-refractivity contribution is 7.99. The molecule has 0 aromatic heterocycles. The van der Waals surface area contributed by atoms with Gasteiger partial charge < -0.3 is 4.90 Å². The summed E-state index contributed by atoms with van der Waals surface area (Å²) < 4.78 is 0. The van der Waals surface area contributed by atoms with Crippen LogP contribution >= 0.6 is 23.4 Å². The van der Waals surface area contributed by atoms with Crippen molar-refractivity contribution in [3.63, 3.8) is 0 Å². The summed E-state index contributed by atoms with van der Waals surface area (Å²) in [7, 11) is 0. The second-order valence-corrected chi connectivity index (χ2v) is 7.80. The van der Waals surface area contributed by atoms with Crippen LogP contribution in [-0.2, 0) is 4.79 Å². The Balaban J connectivity index is 2.08. The second-order valence-electron chi connectivity index (χ2n) is 6.21. The van der Waals surface area contributed by atoms with Crippen LogP contribution < -0.4 is 0 Å². The molecule has 0 N–H and O–H groups in total. The molecule has 0 saturated carbocycles. The van der Waals surface area contributed by atoms with Crippen molar-refractivity contribution < 1.29 is 4.79 Å². The van der Waals surface area contributed by atoms with Gasteiger partial charge in [0.15, 0.2) is 0 Å². The molecule has 0 spiro atoms. The predicted octanol–water partition coefficient (Wildman–Crippen LogP) is 4.06. The summed E-state index contributed by atoms with van der Waals surface area (Å²) in [6, 6.07) is 7.81. The number of benzene rings is 1. The monoisotopic (exact) mass is 352 g/mol. The zero-order valence-corrected chi connectivity index (χ0v) is 15.4. The molecule has 3 nitrogen and oxygen atoms in total. The number of amides is 1. The molecule has 1 fully saturated rings. The molecule has 2 rings (SSSR count). The number of carbonyl (C=O) groups is 1. The Hall–Kier alpha value is -0.970. The van der Waals surface area contributed by atoms with Gasteiger partial charge in [-0.2, -0.15) is 0 Å². The Kier molecular flexibility index (Phi) is 7.00. The molecule has 1 aromatic carbocycles. The van der Waals surface area contributed by atoms with Crippen LogP contribution in [0.4, 0.5) is 0 Å². The van der Waals surface area contributed by atoms with Crippen LogP contribution in [0.1, 0.15) is 24.8 Å². The van der Waals surface area contributed by atoms with Gasteiger partial charge in [0.2, 0.25) is 5.91 Å². The number of halogens is 1. The normalized spacial score (nSPS) is 18.0. The van der Waals surface area contributed by atoms with Crippen LogP contribution in [0.2, 0.25) is 5.02 Å². The van der Waals surface area contributed by atoms with Crippen molar-refractivity contribution in [1.29, 1.82) is 0 Å². The molecule has 1 heterocycles. The van der Waals surface area contributed by atoms with E-state index in [0.29, 0.717) is 12.5 Å². The molecule has 126 valence electrons. The topological polar surface area (TPSA) is 23.6 Å². The maximum absolute atomic E-state index is 12.8. The maximum atomic E-state index is 12.8. The molecule has 1 atom stereocenters. The summed E-state index contributed by atoms with van der Waals surface area (Å²) in [4.78, 5) is 16.9. The van der Waals surface area contributed by atoms with E-state index in [1.165, 1.54) is 0 Å². The van der Waals surface area contributed by atoms with Gasteiger partial charge in [-0.15, -0.1) is 18.3 Å². The Morgan fingerprint density at radius 3 is 2.91 bits per heavy atom. The summed E-state index contributed by atoms with van der Waals surface area (Å²) in [5, 5.41) is 0.760. The van der Waals surface area contributed by atoms with Crippen LogP contribution in [0.3, 0.4) is 0 Å². The van der Waals surface area contributed by atoms with E-state index in [0.717, 1.165) is 36.0 Å². The molecule has 23 heavy (non-hydrogen) atoms. The van der Waals surface area contributed by atoms with E-state index in [2.05, 4.69) is 25.3 Å². The molecule has 0 unspecified atom stereocenters. The highest BCUT2D eigenvalue weighted by atomic mass is 35.5. The number of carbonyl (C=O) groups excluding carboxylic acids is 1. The van der Waals surface area contributed by atoms with Crippen LogP contribution in [0.25, 0.3) is 0 Å². The first kappa shape index (κ1) is 18.4. The minimum Gasteiger partial charge on any atom is -0.325 e. The fourth-order valence-electron chi connectivity index (χ4n) is 2.84. The van der Waals surface area contributed by atoms with Crippen LogP contribution in [0.15, 0.2) is 36.9 Å². The lowest BCUT2D eigenvalue weighted by Crippen LogP contribution is -2.41. The molecular formula is C18H25ClN2OS. The van der Waals surface area contributed by atoms with E-state index in [4.69, 9.17) is 11.6 Å².